The summed E-state index contributed by atoms with van der Waals surface area (Å²) in [6, 6.07) is 7.16. The van der Waals surface area contributed by atoms with Gasteiger partial charge < -0.3 is 9.47 Å². The maximum absolute atomic E-state index is 13.0. The zero-order valence-electron chi connectivity index (χ0n) is 15.7. The van der Waals surface area contributed by atoms with E-state index >= 15 is 0 Å². The molecule has 1 atom stereocenters. The Kier molecular flexibility index (Phi) is 6.28. The smallest absolute Gasteiger partial charge is 0.243 e. The van der Waals surface area contributed by atoms with Crippen LogP contribution in [0.2, 0.25) is 0 Å². The first-order chi connectivity index (χ1) is 13.0. The average Bonchev–Trinajstić information content (AvgIpc) is 2.69. The van der Waals surface area contributed by atoms with Gasteiger partial charge in [-0.15, -0.1) is 0 Å². The summed E-state index contributed by atoms with van der Waals surface area (Å²) >= 11 is 0. The van der Waals surface area contributed by atoms with Gasteiger partial charge in [0.25, 0.3) is 0 Å². The standard InChI is InChI=1S/C19H25N3O4S/c1-3-5-15-7-9-17(10-8-15)27(23,24)22-11-4-6-16(14-22)26-19-13-20-12-18(21-19)25-2/h7-10,12-13,16H,3-6,11,14H2,1-2H3. The molecule has 1 aromatic heterocycles. The number of hydrogen-bond acceptors (Lipinski definition) is 6. The Labute approximate surface area is 160 Å². The van der Waals surface area contributed by atoms with Crippen LogP contribution in [0.25, 0.3) is 0 Å². The second-order valence-corrected chi connectivity index (χ2v) is 8.48. The third-order valence-corrected chi connectivity index (χ3v) is 6.41. The summed E-state index contributed by atoms with van der Waals surface area (Å²) in [6.07, 6.45) is 6.20. The van der Waals surface area contributed by atoms with Crippen molar-refractivity contribution in [3.05, 3.63) is 42.2 Å². The van der Waals surface area contributed by atoms with Gasteiger partial charge in [0.15, 0.2) is 0 Å². The number of aryl methyl sites for hydroxylation is 1. The van der Waals surface area contributed by atoms with Crippen molar-refractivity contribution in [1.82, 2.24) is 14.3 Å². The number of piperidine rings is 1. The van der Waals surface area contributed by atoms with Crippen LogP contribution in [0.4, 0.5) is 0 Å². The highest BCUT2D eigenvalue weighted by Gasteiger charge is 2.31. The van der Waals surface area contributed by atoms with Crippen LogP contribution >= 0.6 is 0 Å². The van der Waals surface area contributed by atoms with Crippen LogP contribution in [0, 0.1) is 0 Å². The number of ether oxygens (including phenoxy) is 2. The molecule has 1 fully saturated rings. The molecule has 0 saturated carbocycles. The minimum atomic E-state index is -3.54. The highest BCUT2D eigenvalue weighted by atomic mass is 32.2. The molecule has 3 rings (SSSR count). The van der Waals surface area contributed by atoms with Gasteiger partial charge >= 0.3 is 0 Å². The number of hydrogen-bond donors (Lipinski definition) is 0. The van der Waals surface area contributed by atoms with Crippen molar-refractivity contribution in [2.75, 3.05) is 20.2 Å². The molecule has 0 aliphatic carbocycles. The van der Waals surface area contributed by atoms with Crippen molar-refractivity contribution in [3.8, 4) is 11.8 Å². The van der Waals surface area contributed by atoms with E-state index in [1.165, 1.54) is 23.8 Å². The van der Waals surface area contributed by atoms with Gasteiger partial charge in [-0.2, -0.15) is 9.29 Å². The van der Waals surface area contributed by atoms with E-state index in [1.807, 2.05) is 12.1 Å². The van der Waals surface area contributed by atoms with Gasteiger partial charge in [0.2, 0.25) is 21.8 Å². The van der Waals surface area contributed by atoms with E-state index in [0.717, 1.165) is 31.2 Å². The Bertz CT molecular complexity index is 856. The van der Waals surface area contributed by atoms with Gasteiger partial charge in [-0.05, 0) is 37.0 Å². The molecule has 1 aliphatic rings. The number of rotatable bonds is 7. The van der Waals surface area contributed by atoms with Gasteiger partial charge in [0, 0.05) is 6.54 Å². The van der Waals surface area contributed by atoms with Crippen LogP contribution in [0.5, 0.6) is 11.8 Å². The van der Waals surface area contributed by atoms with E-state index in [4.69, 9.17) is 9.47 Å². The number of sulfonamides is 1. The van der Waals surface area contributed by atoms with Crippen molar-refractivity contribution in [1.29, 1.82) is 0 Å². The Balaban J connectivity index is 1.70. The zero-order chi connectivity index (χ0) is 19.3. The van der Waals surface area contributed by atoms with Crippen molar-refractivity contribution in [2.45, 2.75) is 43.6 Å². The van der Waals surface area contributed by atoms with E-state index in [1.54, 1.807) is 12.1 Å². The summed E-state index contributed by atoms with van der Waals surface area (Å²) in [7, 11) is -2.03. The average molecular weight is 391 g/mol. The third-order valence-electron chi connectivity index (χ3n) is 4.53. The first-order valence-corrected chi connectivity index (χ1v) is 10.6. The Morgan fingerprint density at radius 1 is 1.19 bits per heavy atom. The molecule has 0 amide bonds. The summed E-state index contributed by atoms with van der Waals surface area (Å²) in [6.45, 7) is 2.88. The van der Waals surface area contributed by atoms with Gasteiger partial charge in [-0.1, -0.05) is 25.5 Å². The molecule has 146 valence electrons. The largest absolute Gasteiger partial charge is 0.480 e. The van der Waals surface area contributed by atoms with Crippen LogP contribution in [-0.2, 0) is 16.4 Å². The van der Waals surface area contributed by atoms with E-state index in [-0.39, 0.29) is 12.6 Å². The SMILES string of the molecule is CCCc1ccc(S(=O)(=O)N2CCCC(Oc3cncc(OC)n3)C2)cc1. The molecule has 2 aromatic rings. The molecule has 0 spiro atoms. The molecule has 0 radical (unpaired) electrons. The molecule has 0 N–H and O–H groups in total. The van der Waals surface area contributed by atoms with Crippen molar-refractivity contribution in [2.24, 2.45) is 0 Å². The maximum atomic E-state index is 13.0. The Morgan fingerprint density at radius 2 is 1.93 bits per heavy atom. The normalized spacial score (nSPS) is 18.2. The predicted molar refractivity (Wildman–Crippen MR) is 101 cm³/mol. The minimum absolute atomic E-state index is 0.269. The third kappa shape index (κ3) is 4.75. The lowest BCUT2D eigenvalue weighted by Gasteiger charge is -2.31. The highest BCUT2D eigenvalue weighted by molar-refractivity contribution is 7.89. The Morgan fingerprint density at radius 3 is 2.63 bits per heavy atom. The Hall–Kier alpha value is -2.19. The molecule has 2 heterocycles. The van der Waals surface area contributed by atoms with Crippen LogP contribution < -0.4 is 9.47 Å². The second-order valence-electron chi connectivity index (χ2n) is 6.54. The van der Waals surface area contributed by atoms with Crippen molar-refractivity contribution < 1.29 is 17.9 Å². The maximum Gasteiger partial charge on any atom is 0.243 e. The molecule has 1 saturated heterocycles. The van der Waals surface area contributed by atoms with Crippen LogP contribution in [-0.4, -0.2) is 49.0 Å². The highest BCUT2D eigenvalue weighted by Crippen LogP contribution is 2.24. The fourth-order valence-electron chi connectivity index (χ4n) is 3.14. The lowest BCUT2D eigenvalue weighted by molar-refractivity contribution is 0.123. The summed E-state index contributed by atoms with van der Waals surface area (Å²) < 4.78 is 38.3. The summed E-state index contributed by atoms with van der Waals surface area (Å²) in [5.74, 6) is 0.697. The molecule has 0 bridgehead atoms. The molecule has 7 nitrogen and oxygen atoms in total. The lowest BCUT2D eigenvalue weighted by atomic mass is 10.1. The summed E-state index contributed by atoms with van der Waals surface area (Å²) in [5, 5.41) is 0. The number of aromatic nitrogens is 2. The fourth-order valence-corrected chi connectivity index (χ4v) is 4.65. The van der Waals surface area contributed by atoms with E-state index < -0.39 is 10.0 Å². The van der Waals surface area contributed by atoms with Crippen molar-refractivity contribution in [3.63, 3.8) is 0 Å². The molecule has 1 aliphatic heterocycles. The van der Waals surface area contributed by atoms with Gasteiger partial charge in [0.1, 0.15) is 6.10 Å². The van der Waals surface area contributed by atoms with E-state index in [2.05, 4.69) is 16.9 Å². The first-order valence-electron chi connectivity index (χ1n) is 9.14. The van der Waals surface area contributed by atoms with E-state index in [0.29, 0.717) is 23.2 Å². The predicted octanol–water partition coefficient (Wildman–Crippen LogP) is 2.67. The zero-order valence-corrected chi connectivity index (χ0v) is 16.5. The topological polar surface area (TPSA) is 81.6 Å². The molecule has 1 aromatic carbocycles. The minimum Gasteiger partial charge on any atom is -0.480 e. The van der Waals surface area contributed by atoms with Crippen LogP contribution in [0.15, 0.2) is 41.6 Å². The monoisotopic (exact) mass is 391 g/mol. The van der Waals surface area contributed by atoms with Gasteiger partial charge in [-0.25, -0.2) is 8.42 Å². The van der Waals surface area contributed by atoms with Crippen molar-refractivity contribution >= 4 is 10.0 Å². The quantitative estimate of drug-likeness (QED) is 0.722. The molecule has 1 unspecified atom stereocenters. The van der Waals surface area contributed by atoms with Crippen LogP contribution in [0.1, 0.15) is 31.7 Å². The molecule has 8 heteroatoms. The number of methoxy groups -OCH3 is 1. The lowest BCUT2D eigenvalue weighted by Crippen LogP contribution is -2.44. The second kappa shape index (κ2) is 8.67. The van der Waals surface area contributed by atoms with Gasteiger partial charge in [-0.3, -0.25) is 4.98 Å². The number of nitrogens with zero attached hydrogens (tertiary/aromatic N) is 3. The summed E-state index contributed by atoms with van der Waals surface area (Å²) in [4.78, 5) is 8.52. The molecule has 27 heavy (non-hydrogen) atoms. The fraction of sp³-hybridized carbons (Fsp3) is 0.474. The van der Waals surface area contributed by atoms with Crippen LogP contribution in [0.3, 0.4) is 0 Å². The molecular formula is C19H25N3O4S. The van der Waals surface area contributed by atoms with Gasteiger partial charge in [0.05, 0.1) is 30.9 Å². The summed E-state index contributed by atoms with van der Waals surface area (Å²) in [5.41, 5.74) is 1.15. The number of benzene rings is 1. The molecular weight excluding hydrogens is 366 g/mol. The van der Waals surface area contributed by atoms with E-state index in [9.17, 15) is 8.42 Å². The first kappa shape index (κ1) is 19.6.